The predicted octanol–water partition coefficient (Wildman–Crippen LogP) is 1.61. The summed E-state index contributed by atoms with van der Waals surface area (Å²) in [5, 5.41) is 0. The van der Waals surface area contributed by atoms with Gasteiger partial charge in [0, 0.05) is 24.7 Å². The number of nitrogens with one attached hydrogen (secondary N) is 1. The van der Waals surface area contributed by atoms with E-state index in [0.29, 0.717) is 18.7 Å². The van der Waals surface area contributed by atoms with Crippen molar-refractivity contribution in [2.45, 2.75) is 37.6 Å². The molecule has 0 atom stereocenters. The van der Waals surface area contributed by atoms with Crippen LogP contribution >= 0.6 is 0 Å². The second-order valence-corrected chi connectivity index (χ2v) is 6.61. The molecule has 0 unspecified atom stereocenters. The SMILES string of the molecule is CCN(CC)C(=O)c1ccc(S(=O)(=O)NC2CC2)cc1. The van der Waals surface area contributed by atoms with Crippen LogP contribution in [0.5, 0.6) is 0 Å². The Morgan fingerprint density at radius 3 is 2.20 bits per heavy atom. The van der Waals surface area contributed by atoms with Crippen molar-refractivity contribution in [2.75, 3.05) is 13.1 Å². The highest BCUT2D eigenvalue weighted by Gasteiger charge is 2.28. The molecule has 0 aliphatic heterocycles. The number of carbonyl (C=O) groups is 1. The van der Waals surface area contributed by atoms with Crippen LogP contribution in [0.2, 0.25) is 0 Å². The number of sulfonamides is 1. The zero-order valence-electron chi connectivity index (χ0n) is 11.8. The Morgan fingerprint density at radius 1 is 1.20 bits per heavy atom. The smallest absolute Gasteiger partial charge is 0.253 e. The molecular formula is C14H20N2O3S. The average molecular weight is 296 g/mol. The molecule has 20 heavy (non-hydrogen) atoms. The highest BCUT2D eigenvalue weighted by atomic mass is 32.2. The summed E-state index contributed by atoms with van der Waals surface area (Å²) >= 11 is 0. The van der Waals surface area contributed by atoms with Gasteiger partial charge in [-0.05, 0) is 51.0 Å². The van der Waals surface area contributed by atoms with E-state index >= 15 is 0 Å². The van der Waals surface area contributed by atoms with Crippen molar-refractivity contribution < 1.29 is 13.2 Å². The molecule has 0 radical (unpaired) electrons. The van der Waals surface area contributed by atoms with Crippen molar-refractivity contribution in [3.05, 3.63) is 29.8 Å². The molecule has 1 saturated carbocycles. The Labute approximate surface area is 120 Å². The first kappa shape index (κ1) is 15.0. The van der Waals surface area contributed by atoms with Crippen molar-refractivity contribution in [1.82, 2.24) is 9.62 Å². The first-order valence-corrected chi connectivity index (χ1v) is 8.38. The van der Waals surface area contributed by atoms with Crippen LogP contribution in [-0.4, -0.2) is 38.4 Å². The summed E-state index contributed by atoms with van der Waals surface area (Å²) in [6.45, 7) is 5.11. The maximum absolute atomic E-state index is 12.1. The Bertz CT molecular complexity index is 573. The van der Waals surface area contributed by atoms with Crippen LogP contribution in [0.3, 0.4) is 0 Å². The lowest BCUT2D eigenvalue weighted by atomic mass is 10.2. The molecule has 6 heteroatoms. The van der Waals surface area contributed by atoms with Gasteiger partial charge in [-0.15, -0.1) is 0 Å². The lowest BCUT2D eigenvalue weighted by molar-refractivity contribution is 0.0773. The summed E-state index contributed by atoms with van der Waals surface area (Å²) in [5.74, 6) is -0.0749. The van der Waals surface area contributed by atoms with E-state index in [0.717, 1.165) is 12.8 Å². The minimum absolute atomic E-state index is 0.0749. The van der Waals surface area contributed by atoms with E-state index in [1.54, 1.807) is 17.0 Å². The number of nitrogens with zero attached hydrogens (tertiary/aromatic N) is 1. The summed E-state index contributed by atoms with van der Waals surface area (Å²) in [5.41, 5.74) is 0.513. The van der Waals surface area contributed by atoms with Crippen LogP contribution in [-0.2, 0) is 10.0 Å². The van der Waals surface area contributed by atoms with E-state index in [1.165, 1.54) is 12.1 Å². The van der Waals surface area contributed by atoms with E-state index in [-0.39, 0.29) is 16.8 Å². The van der Waals surface area contributed by atoms with E-state index in [1.807, 2.05) is 13.8 Å². The fraction of sp³-hybridized carbons (Fsp3) is 0.500. The number of benzene rings is 1. The zero-order valence-corrected chi connectivity index (χ0v) is 12.6. The van der Waals surface area contributed by atoms with Gasteiger partial charge >= 0.3 is 0 Å². The molecule has 0 aromatic heterocycles. The van der Waals surface area contributed by atoms with Gasteiger partial charge in [0.1, 0.15) is 0 Å². The monoisotopic (exact) mass is 296 g/mol. The molecular weight excluding hydrogens is 276 g/mol. The largest absolute Gasteiger partial charge is 0.339 e. The zero-order chi connectivity index (χ0) is 14.8. The molecule has 1 aliphatic rings. The van der Waals surface area contributed by atoms with E-state index < -0.39 is 10.0 Å². The second-order valence-electron chi connectivity index (χ2n) is 4.90. The minimum Gasteiger partial charge on any atom is -0.339 e. The molecule has 0 saturated heterocycles. The molecule has 1 aliphatic carbocycles. The number of amides is 1. The lowest BCUT2D eigenvalue weighted by Gasteiger charge is -2.18. The average Bonchev–Trinajstić information content (AvgIpc) is 3.23. The van der Waals surface area contributed by atoms with Crippen molar-refractivity contribution in [3.8, 4) is 0 Å². The Kier molecular flexibility index (Phi) is 4.45. The molecule has 5 nitrogen and oxygen atoms in total. The maximum Gasteiger partial charge on any atom is 0.253 e. The Morgan fingerprint density at radius 2 is 1.75 bits per heavy atom. The van der Waals surface area contributed by atoms with Gasteiger partial charge in [-0.1, -0.05) is 0 Å². The van der Waals surface area contributed by atoms with Gasteiger partial charge in [-0.3, -0.25) is 4.79 Å². The van der Waals surface area contributed by atoms with Gasteiger partial charge in [0.05, 0.1) is 4.90 Å². The topological polar surface area (TPSA) is 66.5 Å². The van der Waals surface area contributed by atoms with Gasteiger partial charge in [0.2, 0.25) is 10.0 Å². The van der Waals surface area contributed by atoms with Crippen LogP contribution in [0.4, 0.5) is 0 Å². The predicted molar refractivity (Wildman–Crippen MR) is 77.0 cm³/mol. The van der Waals surface area contributed by atoms with Crippen LogP contribution in [0.25, 0.3) is 0 Å². The number of carbonyl (C=O) groups excluding carboxylic acids is 1. The molecule has 1 aromatic rings. The normalized spacial score (nSPS) is 15.1. The number of hydrogen-bond acceptors (Lipinski definition) is 3. The van der Waals surface area contributed by atoms with Gasteiger partial charge < -0.3 is 4.90 Å². The maximum atomic E-state index is 12.1. The fourth-order valence-corrected chi connectivity index (χ4v) is 3.26. The quantitative estimate of drug-likeness (QED) is 0.867. The molecule has 1 fully saturated rings. The third kappa shape index (κ3) is 3.37. The van der Waals surface area contributed by atoms with Crippen molar-refractivity contribution in [3.63, 3.8) is 0 Å². The van der Waals surface area contributed by atoms with Crippen LogP contribution in [0.1, 0.15) is 37.0 Å². The van der Waals surface area contributed by atoms with E-state index in [2.05, 4.69) is 4.72 Å². The van der Waals surface area contributed by atoms with Crippen LogP contribution < -0.4 is 4.72 Å². The van der Waals surface area contributed by atoms with Crippen molar-refractivity contribution in [1.29, 1.82) is 0 Å². The van der Waals surface area contributed by atoms with Gasteiger partial charge in [-0.2, -0.15) is 0 Å². The number of rotatable bonds is 6. The lowest BCUT2D eigenvalue weighted by Crippen LogP contribution is -2.30. The highest BCUT2D eigenvalue weighted by Crippen LogP contribution is 2.22. The number of hydrogen-bond donors (Lipinski definition) is 1. The van der Waals surface area contributed by atoms with Crippen molar-refractivity contribution >= 4 is 15.9 Å². The molecule has 0 spiro atoms. The first-order chi connectivity index (χ1) is 9.47. The van der Waals surface area contributed by atoms with Crippen molar-refractivity contribution in [2.24, 2.45) is 0 Å². The Hall–Kier alpha value is -1.40. The summed E-state index contributed by atoms with van der Waals surface area (Å²) in [7, 11) is -3.45. The highest BCUT2D eigenvalue weighted by molar-refractivity contribution is 7.89. The third-order valence-corrected chi connectivity index (χ3v) is 4.90. The summed E-state index contributed by atoms with van der Waals surface area (Å²) in [4.78, 5) is 14.0. The molecule has 1 aromatic carbocycles. The minimum atomic E-state index is -3.45. The molecule has 1 amide bonds. The Balaban J connectivity index is 2.15. The van der Waals surface area contributed by atoms with Crippen LogP contribution in [0.15, 0.2) is 29.2 Å². The summed E-state index contributed by atoms with van der Waals surface area (Å²) in [6.07, 6.45) is 1.80. The molecule has 1 N–H and O–H groups in total. The summed E-state index contributed by atoms with van der Waals surface area (Å²) in [6, 6.07) is 6.20. The van der Waals surface area contributed by atoms with Gasteiger partial charge in [0.25, 0.3) is 5.91 Å². The van der Waals surface area contributed by atoms with Crippen LogP contribution in [0, 0.1) is 0 Å². The van der Waals surface area contributed by atoms with E-state index in [9.17, 15) is 13.2 Å². The standard InChI is InChI=1S/C14H20N2O3S/c1-3-16(4-2)14(17)11-5-9-13(10-6-11)20(18,19)15-12-7-8-12/h5-6,9-10,12,15H,3-4,7-8H2,1-2H3. The molecule has 110 valence electrons. The van der Waals surface area contributed by atoms with E-state index in [4.69, 9.17) is 0 Å². The third-order valence-electron chi connectivity index (χ3n) is 3.36. The molecule has 0 bridgehead atoms. The first-order valence-electron chi connectivity index (χ1n) is 6.89. The molecule has 0 heterocycles. The fourth-order valence-electron chi connectivity index (χ4n) is 1.96. The molecule has 2 rings (SSSR count). The second kappa shape index (κ2) is 5.93. The van der Waals surface area contributed by atoms with Gasteiger partial charge in [0.15, 0.2) is 0 Å². The van der Waals surface area contributed by atoms with Gasteiger partial charge in [-0.25, -0.2) is 13.1 Å². The summed E-state index contributed by atoms with van der Waals surface area (Å²) < 4.78 is 26.6.